The van der Waals surface area contributed by atoms with E-state index in [1.165, 1.54) is 5.56 Å². The number of rotatable bonds is 9. The second-order valence-corrected chi connectivity index (χ2v) is 9.70. The lowest BCUT2D eigenvalue weighted by Gasteiger charge is -2.09. The van der Waals surface area contributed by atoms with E-state index in [4.69, 9.17) is 4.74 Å². The van der Waals surface area contributed by atoms with E-state index in [2.05, 4.69) is 24.5 Å². The van der Waals surface area contributed by atoms with E-state index in [1.807, 2.05) is 72.8 Å². The highest BCUT2D eigenvalue weighted by Crippen LogP contribution is 2.52. The van der Waals surface area contributed by atoms with E-state index < -0.39 is 0 Å². The highest BCUT2D eigenvalue weighted by Gasteiger charge is 2.50. The Balaban J connectivity index is 1.23. The van der Waals surface area contributed by atoms with E-state index in [-0.39, 0.29) is 23.1 Å². The summed E-state index contributed by atoms with van der Waals surface area (Å²) in [7, 11) is 1.64. The minimum Gasteiger partial charge on any atom is -0.497 e. The number of ether oxygens (including phenoxy) is 1. The fourth-order valence-electron chi connectivity index (χ4n) is 4.07. The fraction of sp³-hybridized carbons (Fsp3) is 0.310. The zero-order chi connectivity index (χ0) is 24.1. The van der Waals surface area contributed by atoms with Crippen molar-refractivity contribution in [3.05, 3.63) is 89.5 Å². The number of hydrogen-bond acceptors (Lipinski definition) is 3. The van der Waals surface area contributed by atoms with Crippen LogP contribution < -0.4 is 15.4 Å². The summed E-state index contributed by atoms with van der Waals surface area (Å²) in [4.78, 5) is 24.6. The average Bonchev–Trinajstić information content (AvgIpc) is 3.49. The smallest absolute Gasteiger partial charge is 0.228 e. The number of carbonyl (C=O) groups is 2. The van der Waals surface area contributed by atoms with Crippen molar-refractivity contribution in [2.75, 3.05) is 17.7 Å². The van der Waals surface area contributed by atoms with Gasteiger partial charge in [0.05, 0.1) is 7.11 Å². The van der Waals surface area contributed by atoms with Crippen LogP contribution in [-0.2, 0) is 22.4 Å². The fourth-order valence-corrected chi connectivity index (χ4v) is 4.07. The molecular formula is C29H32N2O3. The Morgan fingerprint density at radius 1 is 0.824 bits per heavy atom. The number of hydrogen-bond donors (Lipinski definition) is 2. The molecule has 0 bridgehead atoms. The summed E-state index contributed by atoms with van der Waals surface area (Å²) in [6.07, 6.45) is 2.85. The largest absolute Gasteiger partial charge is 0.497 e. The molecule has 0 heterocycles. The van der Waals surface area contributed by atoms with Crippen molar-refractivity contribution in [3.8, 4) is 5.75 Å². The van der Waals surface area contributed by atoms with Crippen LogP contribution in [0.25, 0.3) is 0 Å². The van der Waals surface area contributed by atoms with Crippen molar-refractivity contribution in [2.24, 2.45) is 11.3 Å². The van der Waals surface area contributed by atoms with Crippen LogP contribution in [0, 0.1) is 11.3 Å². The highest BCUT2D eigenvalue weighted by atomic mass is 16.5. The van der Waals surface area contributed by atoms with E-state index in [1.54, 1.807) is 7.11 Å². The summed E-state index contributed by atoms with van der Waals surface area (Å²) < 4.78 is 5.16. The molecule has 0 saturated heterocycles. The van der Waals surface area contributed by atoms with E-state index >= 15 is 0 Å². The number of anilines is 2. The Labute approximate surface area is 201 Å². The summed E-state index contributed by atoms with van der Waals surface area (Å²) in [5.41, 5.74) is 5.20. The summed E-state index contributed by atoms with van der Waals surface area (Å²) >= 11 is 0. The molecule has 3 aromatic carbocycles. The van der Waals surface area contributed by atoms with Crippen LogP contribution in [0.1, 0.15) is 43.4 Å². The molecule has 4 rings (SSSR count). The number of carbonyl (C=O) groups excluding carboxylic acids is 2. The number of nitrogens with one attached hydrogen (secondary N) is 2. The minimum absolute atomic E-state index is 0.00390. The predicted octanol–water partition coefficient (Wildman–Crippen LogP) is 5.84. The van der Waals surface area contributed by atoms with Crippen molar-refractivity contribution < 1.29 is 14.3 Å². The molecule has 1 aliphatic carbocycles. The van der Waals surface area contributed by atoms with Gasteiger partial charge in [-0.1, -0.05) is 50.2 Å². The molecular weight excluding hydrogens is 424 g/mol. The van der Waals surface area contributed by atoms with Crippen LogP contribution in [0.2, 0.25) is 0 Å². The van der Waals surface area contributed by atoms with E-state index in [0.29, 0.717) is 12.8 Å². The lowest BCUT2D eigenvalue weighted by molar-refractivity contribution is -0.118. The van der Waals surface area contributed by atoms with Gasteiger partial charge in [0.15, 0.2) is 0 Å². The molecule has 0 aromatic heterocycles. The van der Waals surface area contributed by atoms with Gasteiger partial charge in [0.1, 0.15) is 5.75 Å². The Bertz CT molecular complexity index is 1130. The Morgan fingerprint density at radius 2 is 1.32 bits per heavy atom. The molecule has 34 heavy (non-hydrogen) atoms. The van der Waals surface area contributed by atoms with Gasteiger partial charge in [0.25, 0.3) is 0 Å². The van der Waals surface area contributed by atoms with E-state index in [0.717, 1.165) is 41.1 Å². The van der Waals surface area contributed by atoms with Gasteiger partial charge in [0, 0.05) is 23.7 Å². The van der Waals surface area contributed by atoms with Gasteiger partial charge in [-0.3, -0.25) is 9.59 Å². The number of methoxy groups -OCH3 is 1. The van der Waals surface area contributed by atoms with Crippen molar-refractivity contribution in [1.82, 2.24) is 0 Å². The second-order valence-electron chi connectivity index (χ2n) is 9.70. The average molecular weight is 457 g/mol. The minimum atomic E-state index is -0.00390. The summed E-state index contributed by atoms with van der Waals surface area (Å²) in [6.45, 7) is 4.25. The normalized spacial score (nSPS) is 15.9. The van der Waals surface area contributed by atoms with Gasteiger partial charge in [-0.05, 0) is 77.8 Å². The van der Waals surface area contributed by atoms with Crippen LogP contribution in [0.15, 0.2) is 72.8 Å². The molecule has 5 nitrogen and oxygen atoms in total. The molecule has 1 unspecified atom stereocenters. The maximum absolute atomic E-state index is 12.3. The summed E-state index contributed by atoms with van der Waals surface area (Å²) in [6, 6.07) is 23.7. The Morgan fingerprint density at radius 3 is 1.82 bits per heavy atom. The summed E-state index contributed by atoms with van der Waals surface area (Å²) in [5, 5.41) is 5.98. The van der Waals surface area contributed by atoms with Gasteiger partial charge in [-0.15, -0.1) is 0 Å². The topological polar surface area (TPSA) is 67.4 Å². The number of amides is 2. The van der Waals surface area contributed by atoms with Crippen LogP contribution >= 0.6 is 0 Å². The van der Waals surface area contributed by atoms with Gasteiger partial charge >= 0.3 is 0 Å². The molecule has 1 saturated carbocycles. The molecule has 0 aliphatic heterocycles. The quantitative estimate of drug-likeness (QED) is 0.425. The lowest BCUT2D eigenvalue weighted by Crippen LogP contribution is -2.16. The lowest BCUT2D eigenvalue weighted by atomic mass is 10.0. The third-order valence-corrected chi connectivity index (χ3v) is 6.50. The Hall–Kier alpha value is -3.60. The van der Waals surface area contributed by atoms with Crippen LogP contribution in [-0.4, -0.2) is 18.9 Å². The molecule has 176 valence electrons. The first-order chi connectivity index (χ1) is 16.3. The zero-order valence-electron chi connectivity index (χ0n) is 20.1. The van der Waals surface area contributed by atoms with Gasteiger partial charge in [0.2, 0.25) is 11.8 Å². The standard InChI is InChI=1S/C29H32N2O3/c1-29(2)19-26(29)28(33)31-24-13-6-22(7-14-24)18-21-4-11-23(12-5-21)30-27(32)17-10-20-8-15-25(34-3)16-9-20/h4-9,11-16,26H,10,17-19H2,1-3H3,(H,30,32)(H,31,33). The zero-order valence-corrected chi connectivity index (χ0v) is 20.1. The summed E-state index contributed by atoms with van der Waals surface area (Å²) in [5.74, 6) is 1.04. The first-order valence-corrected chi connectivity index (χ1v) is 11.7. The number of benzene rings is 3. The van der Waals surface area contributed by atoms with E-state index in [9.17, 15) is 9.59 Å². The van der Waals surface area contributed by atoms with Gasteiger partial charge < -0.3 is 15.4 Å². The maximum atomic E-state index is 12.3. The molecule has 2 N–H and O–H groups in total. The first kappa shape index (κ1) is 23.6. The van der Waals surface area contributed by atoms with Gasteiger partial charge in [-0.25, -0.2) is 0 Å². The molecule has 0 radical (unpaired) electrons. The molecule has 2 amide bonds. The highest BCUT2D eigenvalue weighted by molar-refractivity contribution is 5.95. The molecule has 1 aliphatic rings. The van der Waals surface area contributed by atoms with Crippen molar-refractivity contribution >= 4 is 23.2 Å². The molecule has 1 atom stereocenters. The second kappa shape index (κ2) is 10.1. The Kier molecular flexibility index (Phi) is 7.01. The van der Waals surface area contributed by atoms with Gasteiger partial charge in [-0.2, -0.15) is 0 Å². The van der Waals surface area contributed by atoms with Crippen LogP contribution in [0.3, 0.4) is 0 Å². The molecule has 0 spiro atoms. The SMILES string of the molecule is COc1ccc(CCC(=O)Nc2ccc(Cc3ccc(NC(=O)C4CC4(C)C)cc3)cc2)cc1. The third kappa shape index (κ3) is 6.25. The first-order valence-electron chi connectivity index (χ1n) is 11.7. The molecule has 5 heteroatoms. The molecule has 1 fully saturated rings. The van der Waals surface area contributed by atoms with Crippen molar-refractivity contribution in [2.45, 2.75) is 39.5 Å². The number of aryl methyl sites for hydroxylation is 1. The van der Waals surface area contributed by atoms with Crippen LogP contribution in [0.4, 0.5) is 11.4 Å². The van der Waals surface area contributed by atoms with Crippen molar-refractivity contribution in [3.63, 3.8) is 0 Å². The monoisotopic (exact) mass is 456 g/mol. The van der Waals surface area contributed by atoms with Crippen molar-refractivity contribution in [1.29, 1.82) is 0 Å². The predicted molar refractivity (Wildman–Crippen MR) is 136 cm³/mol. The third-order valence-electron chi connectivity index (χ3n) is 6.50. The molecule has 3 aromatic rings. The van der Waals surface area contributed by atoms with Crippen LogP contribution in [0.5, 0.6) is 5.75 Å². The maximum Gasteiger partial charge on any atom is 0.228 e.